The quantitative estimate of drug-likeness (QED) is 0.493. The van der Waals surface area contributed by atoms with Crippen molar-refractivity contribution in [2.45, 2.75) is 60.3 Å². The van der Waals surface area contributed by atoms with Gasteiger partial charge in [-0.2, -0.15) is 0 Å². The molecule has 0 bridgehead atoms. The molecule has 0 amide bonds. The van der Waals surface area contributed by atoms with E-state index in [9.17, 15) is 0 Å². The first-order chi connectivity index (χ1) is 8.86. The number of hydrogen-bond acceptors (Lipinski definition) is 0. The molecule has 0 nitrogen and oxygen atoms in total. The van der Waals surface area contributed by atoms with Gasteiger partial charge in [-0.3, -0.25) is 0 Å². The van der Waals surface area contributed by atoms with Gasteiger partial charge in [0.05, 0.1) is 0 Å². The lowest BCUT2D eigenvalue weighted by Gasteiger charge is -2.69. The van der Waals surface area contributed by atoms with Gasteiger partial charge in [0.15, 0.2) is 0 Å². The smallest absolute Gasteiger partial charge is 0.0165 e. The summed E-state index contributed by atoms with van der Waals surface area (Å²) in [6, 6.07) is 0. The Morgan fingerprint density at radius 2 is 1.56 bits per heavy atom. The maximum absolute atomic E-state index is 2.54. The summed E-state index contributed by atoms with van der Waals surface area (Å²) in [7, 11) is 0. The van der Waals surface area contributed by atoms with E-state index in [1.54, 1.807) is 12.8 Å². The van der Waals surface area contributed by atoms with Crippen molar-refractivity contribution in [2.75, 3.05) is 0 Å². The molecule has 0 heterocycles. The molecule has 104 valence electrons. The van der Waals surface area contributed by atoms with Crippen LogP contribution in [0.4, 0.5) is 0 Å². The fourth-order valence-electron chi connectivity index (χ4n) is 5.31. The van der Waals surface area contributed by atoms with E-state index < -0.39 is 0 Å². The molecule has 7 unspecified atom stereocenters. The predicted molar refractivity (Wildman–Crippen MR) is 80.4 cm³/mol. The SMILES string of the molecule is CC.CC.CC1CCC2C(C1)C1C3CC=CC3C21. The third-order valence-corrected chi connectivity index (χ3v) is 5.85. The number of hydrogen-bond donors (Lipinski definition) is 0. The standard InChI is InChI=1S/C14H20.2C2H6/c1-8-5-6-11-12(7-8)14-10-4-2-3-9(10)13(11)14;2*1-2/h2-3,8-14H,4-7H2,1H3;2*1-2H3. The monoisotopic (exact) mass is 248 g/mol. The highest BCUT2D eigenvalue weighted by atomic mass is 14.7. The van der Waals surface area contributed by atoms with E-state index in [1.165, 1.54) is 18.8 Å². The molecule has 0 aliphatic heterocycles. The van der Waals surface area contributed by atoms with E-state index in [0.717, 1.165) is 35.5 Å². The van der Waals surface area contributed by atoms with Gasteiger partial charge in [0, 0.05) is 0 Å². The minimum Gasteiger partial charge on any atom is -0.0879 e. The first-order valence-corrected chi connectivity index (χ1v) is 8.53. The summed E-state index contributed by atoms with van der Waals surface area (Å²) >= 11 is 0. The van der Waals surface area contributed by atoms with Crippen molar-refractivity contribution in [2.24, 2.45) is 41.4 Å². The Morgan fingerprint density at radius 1 is 0.833 bits per heavy atom. The molecule has 0 saturated heterocycles. The molecular weight excluding hydrogens is 216 g/mol. The molecule has 18 heavy (non-hydrogen) atoms. The van der Waals surface area contributed by atoms with Gasteiger partial charge in [0.1, 0.15) is 0 Å². The van der Waals surface area contributed by atoms with Gasteiger partial charge in [-0.05, 0) is 60.7 Å². The topological polar surface area (TPSA) is 0 Å². The Bertz CT molecular complexity index is 290. The van der Waals surface area contributed by atoms with Crippen molar-refractivity contribution in [3.8, 4) is 0 Å². The Balaban J connectivity index is 0.000000277. The Labute approximate surface area is 114 Å². The van der Waals surface area contributed by atoms with E-state index in [-0.39, 0.29) is 0 Å². The zero-order valence-electron chi connectivity index (χ0n) is 13.0. The summed E-state index contributed by atoms with van der Waals surface area (Å²) in [5.74, 6) is 7.80. The number of fused-ring (bicyclic) bond motifs is 7. The average Bonchev–Trinajstić information content (AvgIpc) is 2.78. The second-order valence-corrected chi connectivity index (χ2v) is 6.31. The van der Waals surface area contributed by atoms with Gasteiger partial charge < -0.3 is 0 Å². The normalized spacial score (nSPS) is 49.9. The van der Waals surface area contributed by atoms with Crippen LogP contribution in [0.25, 0.3) is 0 Å². The summed E-state index contributed by atoms with van der Waals surface area (Å²) in [6.45, 7) is 10.5. The Morgan fingerprint density at radius 3 is 2.28 bits per heavy atom. The predicted octanol–water partition coefficient (Wildman–Crippen LogP) is 5.54. The molecule has 7 atom stereocenters. The van der Waals surface area contributed by atoms with Gasteiger partial charge in [0.25, 0.3) is 0 Å². The summed E-state index contributed by atoms with van der Waals surface area (Å²) in [5.41, 5.74) is 0. The van der Waals surface area contributed by atoms with Crippen molar-refractivity contribution >= 4 is 0 Å². The Kier molecular flexibility index (Phi) is 4.56. The highest BCUT2D eigenvalue weighted by molar-refractivity contribution is 5.22. The van der Waals surface area contributed by atoms with Crippen molar-refractivity contribution in [1.29, 1.82) is 0 Å². The summed E-state index contributed by atoms with van der Waals surface area (Å²) in [4.78, 5) is 0. The molecule has 0 aromatic carbocycles. The summed E-state index contributed by atoms with van der Waals surface area (Å²) in [5, 5.41) is 0. The maximum atomic E-state index is 2.54. The third-order valence-electron chi connectivity index (χ3n) is 5.85. The molecule has 0 N–H and O–H groups in total. The highest BCUT2D eigenvalue weighted by Crippen LogP contribution is 2.71. The van der Waals surface area contributed by atoms with Gasteiger partial charge >= 0.3 is 0 Å². The average molecular weight is 248 g/mol. The van der Waals surface area contributed by atoms with E-state index >= 15 is 0 Å². The first kappa shape index (κ1) is 14.2. The van der Waals surface area contributed by atoms with Gasteiger partial charge in [-0.15, -0.1) is 0 Å². The van der Waals surface area contributed by atoms with Crippen molar-refractivity contribution in [3.63, 3.8) is 0 Å². The second-order valence-electron chi connectivity index (χ2n) is 6.31. The van der Waals surface area contributed by atoms with Gasteiger partial charge in [-0.25, -0.2) is 0 Å². The summed E-state index contributed by atoms with van der Waals surface area (Å²) < 4.78 is 0. The van der Waals surface area contributed by atoms with E-state index in [4.69, 9.17) is 0 Å². The minimum atomic E-state index is 1.03. The zero-order valence-corrected chi connectivity index (χ0v) is 13.0. The zero-order chi connectivity index (χ0) is 13.3. The van der Waals surface area contributed by atoms with Crippen LogP contribution in [0.15, 0.2) is 12.2 Å². The lowest BCUT2D eigenvalue weighted by Crippen LogP contribution is -2.64. The molecule has 0 spiro atoms. The van der Waals surface area contributed by atoms with Crippen LogP contribution in [0.1, 0.15) is 60.3 Å². The third kappa shape index (κ3) is 1.87. The van der Waals surface area contributed by atoms with Crippen LogP contribution in [0.2, 0.25) is 0 Å². The van der Waals surface area contributed by atoms with Crippen LogP contribution in [-0.2, 0) is 0 Å². The Hall–Kier alpha value is -0.260. The molecule has 3 fully saturated rings. The number of rotatable bonds is 0. The molecule has 4 aliphatic rings. The van der Waals surface area contributed by atoms with Crippen molar-refractivity contribution in [3.05, 3.63) is 12.2 Å². The molecule has 0 aromatic rings. The van der Waals surface area contributed by atoms with Crippen molar-refractivity contribution < 1.29 is 0 Å². The highest BCUT2D eigenvalue weighted by Gasteiger charge is 2.65. The van der Waals surface area contributed by atoms with E-state index in [0.29, 0.717) is 0 Å². The van der Waals surface area contributed by atoms with Crippen LogP contribution >= 0.6 is 0 Å². The van der Waals surface area contributed by atoms with E-state index in [2.05, 4.69) is 19.1 Å². The minimum absolute atomic E-state index is 1.03. The lowest BCUT2D eigenvalue weighted by atomic mass is 9.36. The fraction of sp³-hybridized carbons (Fsp3) is 0.889. The lowest BCUT2D eigenvalue weighted by molar-refractivity contribution is -0.202. The molecule has 4 rings (SSSR count). The molecule has 0 heteroatoms. The maximum Gasteiger partial charge on any atom is -0.0165 e. The molecule has 0 aromatic heterocycles. The molecule has 4 aliphatic carbocycles. The largest absolute Gasteiger partial charge is 0.0879 e. The van der Waals surface area contributed by atoms with E-state index in [1.807, 2.05) is 27.7 Å². The van der Waals surface area contributed by atoms with Crippen LogP contribution in [-0.4, -0.2) is 0 Å². The first-order valence-electron chi connectivity index (χ1n) is 8.53. The molecule has 3 saturated carbocycles. The van der Waals surface area contributed by atoms with Crippen LogP contribution < -0.4 is 0 Å². The number of allylic oxidation sites excluding steroid dienone is 2. The summed E-state index contributed by atoms with van der Waals surface area (Å²) in [6.07, 6.45) is 11.1. The second kappa shape index (κ2) is 5.80. The molecular formula is C18H32. The van der Waals surface area contributed by atoms with Crippen LogP contribution in [0, 0.1) is 41.4 Å². The van der Waals surface area contributed by atoms with Crippen molar-refractivity contribution in [1.82, 2.24) is 0 Å². The van der Waals surface area contributed by atoms with Gasteiger partial charge in [0.2, 0.25) is 0 Å². The van der Waals surface area contributed by atoms with Gasteiger partial charge in [-0.1, -0.05) is 53.2 Å². The van der Waals surface area contributed by atoms with Crippen LogP contribution in [0.5, 0.6) is 0 Å². The molecule has 0 radical (unpaired) electrons. The fourth-order valence-corrected chi connectivity index (χ4v) is 5.31. The van der Waals surface area contributed by atoms with Crippen LogP contribution in [0.3, 0.4) is 0 Å².